The van der Waals surface area contributed by atoms with E-state index in [1.807, 2.05) is 44.2 Å². The van der Waals surface area contributed by atoms with Crippen LogP contribution in [0.4, 0.5) is 0 Å². The Morgan fingerprint density at radius 3 is 2.47 bits per heavy atom. The van der Waals surface area contributed by atoms with Crippen molar-refractivity contribution in [1.82, 2.24) is 4.98 Å². The average Bonchev–Trinajstić information content (AvgIpc) is 3.28. The smallest absolute Gasteiger partial charge is 0.354 e. The van der Waals surface area contributed by atoms with E-state index in [0.29, 0.717) is 12.1 Å². The van der Waals surface area contributed by atoms with Gasteiger partial charge in [-0.3, -0.25) is 9.59 Å². The Bertz CT molecular complexity index is 1320. The number of thioether (sulfide) groups is 1. The minimum atomic E-state index is -0.930. The molecule has 1 fully saturated rings. The zero-order chi connectivity index (χ0) is 27.7. The molecule has 1 aliphatic rings. The molecule has 4 rings (SSSR count). The van der Waals surface area contributed by atoms with Crippen LogP contribution in [0.25, 0.3) is 10.9 Å². The summed E-state index contributed by atoms with van der Waals surface area (Å²) in [7, 11) is 0. The van der Waals surface area contributed by atoms with E-state index in [4.69, 9.17) is 9.47 Å². The topological polar surface area (TPSA) is 85.5 Å². The zero-order valence-corrected chi connectivity index (χ0v) is 23.9. The first-order chi connectivity index (χ1) is 17.9. The van der Waals surface area contributed by atoms with Gasteiger partial charge in [-0.1, -0.05) is 65.0 Å². The van der Waals surface area contributed by atoms with Crippen LogP contribution in [0.3, 0.4) is 0 Å². The highest BCUT2D eigenvalue weighted by molar-refractivity contribution is 8.01. The summed E-state index contributed by atoms with van der Waals surface area (Å²) in [4.78, 5) is 43.2. The number of benzene rings is 2. The highest BCUT2D eigenvalue weighted by atomic mass is 32.2. The van der Waals surface area contributed by atoms with Crippen LogP contribution in [0.2, 0.25) is 0 Å². The fraction of sp³-hybridized carbons (Fsp3) is 0.452. The van der Waals surface area contributed by atoms with E-state index in [1.54, 1.807) is 13.0 Å². The summed E-state index contributed by atoms with van der Waals surface area (Å²) in [5, 5.41) is -0.111. The number of esters is 2. The number of aromatic nitrogens is 1. The number of carbonyl (C=O) groups excluding carboxylic acids is 3. The Balaban J connectivity index is 1.61. The molecule has 1 aliphatic heterocycles. The van der Waals surface area contributed by atoms with E-state index < -0.39 is 22.8 Å². The van der Waals surface area contributed by atoms with Gasteiger partial charge in [0.1, 0.15) is 11.3 Å². The number of cyclic esters (lactones) is 1. The molecule has 7 heteroatoms. The summed E-state index contributed by atoms with van der Waals surface area (Å²) in [6.07, 6.45) is 1.53. The minimum Gasteiger partial charge on any atom is -0.461 e. The first kappa shape index (κ1) is 28.0. The fourth-order valence-corrected chi connectivity index (χ4v) is 6.26. The first-order valence-corrected chi connectivity index (χ1v) is 14.1. The summed E-state index contributed by atoms with van der Waals surface area (Å²) < 4.78 is 11.3. The van der Waals surface area contributed by atoms with E-state index in [9.17, 15) is 14.4 Å². The van der Waals surface area contributed by atoms with Gasteiger partial charge in [0.05, 0.1) is 6.61 Å². The average molecular weight is 536 g/mol. The first-order valence-electron chi connectivity index (χ1n) is 13.2. The van der Waals surface area contributed by atoms with Crippen LogP contribution >= 0.6 is 11.8 Å². The predicted molar refractivity (Wildman–Crippen MR) is 151 cm³/mol. The highest BCUT2D eigenvalue weighted by Crippen LogP contribution is 2.43. The molecule has 6 nitrogen and oxygen atoms in total. The number of rotatable bonds is 8. The second-order valence-corrected chi connectivity index (χ2v) is 12.5. The van der Waals surface area contributed by atoms with Crippen LogP contribution in [0, 0.1) is 5.92 Å². The summed E-state index contributed by atoms with van der Waals surface area (Å²) >= 11 is 1.25. The lowest BCUT2D eigenvalue weighted by Gasteiger charge is -2.41. The van der Waals surface area contributed by atoms with Gasteiger partial charge >= 0.3 is 11.9 Å². The molecule has 2 heterocycles. The number of ether oxygens (including phenoxy) is 2. The van der Waals surface area contributed by atoms with Crippen LogP contribution < -0.4 is 0 Å². The van der Waals surface area contributed by atoms with Gasteiger partial charge in [0.25, 0.3) is 0 Å². The van der Waals surface area contributed by atoms with Crippen LogP contribution in [0.5, 0.6) is 0 Å². The molecule has 2 atom stereocenters. The zero-order valence-electron chi connectivity index (χ0n) is 23.1. The van der Waals surface area contributed by atoms with Gasteiger partial charge in [-0.05, 0) is 60.4 Å². The number of aryl methyl sites for hydroxylation is 1. The molecule has 0 radical (unpaired) electrons. The summed E-state index contributed by atoms with van der Waals surface area (Å²) in [6, 6.07) is 15.8. The molecule has 1 N–H and O–H groups in total. The number of Topliss-reactive ketones (excluding diaryl/α,β-unsaturated/α-hetero) is 1. The minimum absolute atomic E-state index is 0.00713. The van der Waals surface area contributed by atoms with Crippen molar-refractivity contribution in [2.24, 2.45) is 5.92 Å². The van der Waals surface area contributed by atoms with Crippen molar-refractivity contribution >= 4 is 40.4 Å². The van der Waals surface area contributed by atoms with Crippen molar-refractivity contribution in [2.45, 2.75) is 82.0 Å². The molecule has 2 aromatic carbocycles. The van der Waals surface area contributed by atoms with E-state index in [-0.39, 0.29) is 30.1 Å². The van der Waals surface area contributed by atoms with Crippen molar-refractivity contribution in [1.29, 1.82) is 0 Å². The van der Waals surface area contributed by atoms with E-state index >= 15 is 0 Å². The number of H-pyrrole nitrogens is 1. The van der Waals surface area contributed by atoms with Crippen molar-refractivity contribution < 1.29 is 23.9 Å². The van der Waals surface area contributed by atoms with E-state index in [1.165, 1.54) is 11.8 Å². The second kappa shape index (κ2) is 11.0. The largest absolute Gasteiger partial charge is 0.461 e. The predicted octanol–water partition coefficient (Wildman–Crippen LogP) is 6.65. The molecule has 0 spiro atoms. The third-order valence-electron chi connectivity index (χ3n) is 7.28. The standard InChI is InChI=1S/C31H37NO5S/c1-7-36-28(34)24-15-21-16-26(22(30(4,5)6)17-23(21)32-24)38-27-25(33)18-31(19(2)3,37-29(27)35)14-13-20-11-9-8-10-12-20/h8-12,15-17,19,27,32H,7,13-14,18H2,1-6H3. The molecule has 0 saturated carbocycles. The van der Waals surface area contributed by atoms with Gasteiger partial charge in [0.15, 0.2) is 11.0 Å². The van der Waals surface area contributed by atoms with Gasteiger partial charge < -0.3 is 14.5 Å². The summed E-state index contributed by atoms with van der Waals surface area (Å²) in [6.45, 7) is 12.3. The van der Waals surface area contributed by atoms with E-state index in [0.717, 1.165) is 33.3 Å². The third-order valence-corrected chi connectivity index (χ3v) is 8.57. The normalized spacial score (nSPS) is 20.1. The number of hydrogen-bond donors (Lipinski definition) is 1. The molecule has 0 bridgehead atoms. The molecular weight excluding hydrogens is 498 g/mol. The molecule has 0 amide bonds. The number of ketones is 1. The Hall–Kier alpha value is -3.06. The Kier molecular flexibility index (Phi) is 8.07. The van der Waals surface area contributed by atoms with Crippen LogP contribution in [0.1, 0.15) is 76.0 Å². The lowest BCUT2D eigenvalue weighted by atomic mass is 9.78. The maximum atomic E-state index is 13.5. The van der Waals surface area contributed by atoms with Crippen molar-refractivity contribution in [2.75, 3.05) is 6.61 Å². The van der Waals surface area contributed by atoms with Gasteiger partial charge in [0, 0.05) is 22.2 Å². The number of aromatic amines is 1. The van der Waals surface area contributed by atoms with Gasteiger partial charge in [-0.25, -0.2) is 4.79 Å². The van der Waals surface area contributed by atoms with Crippen molar-refractivity contribution in [3.05, 3.63) is 65.4 Å². The number of carbonyl (C=O) groups is 3. The number of nitrogens with one attached hydrogen (secondary N) is 1. The SMILES string of the molecule is CCOC(=O)c1cc2cc(SC3C(=O)CC(CCc4ccccc4)(C(C)C)OC3=O)c(C(C)(C)C)cc2[nH]1. The molecule has 202 valence electrons. The summed E-state index contributed by atoms with van der Waals surface area (Å²) in [5.74, 6) is -0.988. The van der Waals surface area contributed by atoms with Crippen LogP contribution in [-0.2, 0) is 30.9 Å². The molecule has 1 aromatic heterocycles. The molecule has 38 heavy (non-hydrogen) atoms. The Morgan fingerprint density at radius 2 is 1.87 bits per heavy atom. The molecular formula is C31H37NO5S. The number of fused-ring (bicyclic) bond motifs is 1. The Labute approximate surface area is 228 Å². The van der Waals surface area contributed by atoms with Crippen molar-refractivity contribution in [3.8, 4) is 0 Å². The van der Waals surface area contributed by atoms with Gasteiger partial charge in [-0.15, -0.1) is 11.8 Å². The number of hydrogen-bond acceptors (Lipinski definition) is 6. The van der Waals surface area contributed by atoms with Gasteiger partial charge in [-0.2, -0.15) is 0 Å². The monoisotopic (exact) mass is 535 g/mol. The quantitative estimate of drug-likeness (QED) is 0.257. The van der Waals surface area contributed by atoms with Gasteiger partial charge in [0.2, 0.25) is 0 Å². The molecule has 3 aromatic rings. The fourth-order valence-electron chi connectivity index (χ4n) is 4.96. The maximum Gasteiger partial charge on any atom is 0.354 e. The summed E-state index contributed by atoms with van der Waals surface area (Å²) in [5.41, 5.74) is 2.25. The second-order valence-electron chi connectivity index (χ2n) is 11.4. The van der Waals surface area contributed by atoms with E-state index in [2.05, 4.69) is 37.9 Å². The molecule has 0 aliphatic carbocycles. The van der Waals surface area contributed by atoms with Crippen molar-refractivity contribution in [3.63, 3.8) is 0 Å². The lowest BCUT2D eigenvalue weighted by Crippen LogP contribution is -2.52. The molecule has 2 unspecified atom stereocenters. The van der Waals surface area contributed by atoms with Crippen LogP contribution in [-0.4, -0.2) is 40.2 Å². The lowest BCUT2D eigenvalue weighted by molar-refractivity contribution is -0.176. The Morgan fingerprint density at radius 1 is 1.16 bits per heavy atom. The third kappa shape index (κ3) is 5.83. The maximum absolute atomic E-state index is 13.5. The highest BCUT2D eigenvalue weighted by Gasteiger charge is 2.49. The molecule has 1 saturated heterocycles. The van der Waals surface area contributed by atoms with Crippen LogP contribution in [0.15, 0.2) is 53.4 Å².